The van der Waals surface area contributed by atoms with E-state index in [1.807, 2.05) is 18.4 Å². The molecule has 1 aliphatic heterocycles. The Morgan fingerprint density at radius 2 is 2.35 bits per heavy atom. The lowest BCUT2D eigenvalue weighted by Gasteiger charge is -2.30. The molecule has 3 rings (SSSR count). The van der Waals surface area contributed by atoms with Gasteiger partial charge in [0.1, 0.15) is 0 Å². The Bertz CT molecular complexity index is 515. The molecule has 1 aliphatic rings. The van der Waals surface area contributed by atoms with Gasteiger partial charge in [-0.2, -0.15) is 0 Å². The second-order valence-electron chi connectivity index (χ2n) is 5.30. The number of morpholine rings is 1. The van der Waals surface area contributed by atoms with Crippen LogP contribution in [0.5, 0.6) is 0 Å². The van der Waals surface area contributed by atoms with Crippen molar-refractivity contribution in [3.05, 3.63) is 35.2 Å². The van der Waals surface area contributed by atoms with E-state index in [4.69, 9.17) is 4.74 Å². The molecule has 108 valence electrons. The van der Waals surface area contributed by atoms with Crippen LogP contribution in [0.3, 0.4) is 0 Å². The van der Waals surface area contributed by atoms with Crippen molar-refractivity contribution >= 4 is 21.4 Å². The molecule has 2 atom stereocenters. The van der Waals surface area contributed by atoms with E-state index in [9.17, 15) is 0 Å². The van der Waals surface area contributed by atoms with Gasteiger partial charge in [0.15, 0.2) is 0 Å². The highest BCUT2D eigenvalue weighted by Crippen LogP contribution is 2.35. The first kappa shape index (κ1) is 14.0. The van der Waals surface area contributed by atoms with Crippen molar-refractivity contribution in [1.82, 2.24) is 10.6 Å². The highest BCUT2D eigenvalue weighted by Gasteiger charge is 2.26. The minimum Gasteiger partial charge on any atom is -0.375 e. The van der Waals surface area contributed by atoms with Crippen molar-refractivity contribution in [2.45, 2.75) is 18.4 Å². The van der Waals surface area contributed by atoms with Crippen LogP contribution in [0.4, 0.5) is 0 Å². The Morgan fingerprint density at radius 3 is 3.10 bits per heavy atom. The van der Waals surface area contributed by atoms with Gasteiger partial charge in [0, 0.05) is 28.6 Å². The maximum absolute atomic E-state index is 6.00. The standard InChI is InChI=1S/C16H22N2OS/c1-17-7-6-13(14-11-18-8-9-19-14)16-10-12-4-2-3-5-15(12)20-16/h2-5,10,13-14,17-18H,6-9,11H2,1H3. The third kappa shape index (κ3) is 3.04. The molecule has 0 bridgehead atoms. The first-order chi connectivity index (χ1) is 9.88. The molecule has 0 saturated carbocycles. The van der Waals surface area contributed by atoms with Crippen molar-refractivity contribution in [2.75, 3.05) is 33.3 Å². The highest BCUT2D eigenvalue weighted by atomic mass is 32.1. The van der Waals surface area contributed by atoms with Crippen molar-refractivity contribution < 1.29 is 4.74 Å². The summed E-state index contributed by atoms with van der Waals surface area (Å²) in [6.45, 7) is 3.79. The van der Waals surface area contributed by atoms with E-state index >= 15 is 0 Å². The first-order valence-corrected chi connectivity index (χ1v) is 8.15. The molecule has 0 aliphatic carbocycles. The van der Waals surface area contributed by atoms with Gasteiger partial charge in [-0.05, 0) is 37.5 Å². The van der Waals surface area contributed by atoms with Crippen LogP contribution in [0.2, 0.25) is 0 Å². The number of nitrogens with one attached hydrogen (secondary N) is 2. The minimum absolute atomic E-state index is 0.296. The quantitative estimate of drug-likeness (QED) is 0.888. The van der Waals surface area contributed by atoms with Crippen LogP contribution in [0, 0.1) is 0 Å². The molecule has 1 saturated heterocycles. The number of rotatable bonds is 5. The molecule has 1 aromatic heterocycles. The first-order valence-electron chi connectivity index (χ1n) is 7.34. The van der Waals surface area contributed by atoms with Crippen LogP contribution in [-0.2, 0) is 4.74 Å². The summed E-state index contributed by atoms with van der Waals surface area (Å²) in [5, 5.41) is 8.08. The molecule has 2 heterocycles. The fraction of sp³-hybridized carbons (Fsp3) is 0.500. The number of thiophene rings is 1. The predicted molar refractivity (Wildman–Crippen MR) is 85.7 cm³/mol. The number of hydrogen-bond acceptors (Lipinski definition) is 4. The molecule has 20 heavy (non-hydrogen) atoms. The smallest absolute Gasteiger partial charge is 0.0776 e. The summed E-state index contributed by atoms with van der Waals surface area (Å²) < 4.78 is 7.38. The monoisotopic (exact) mass is 290 g/mol. The summed E-state index contributed by atoms with van der Waals surface area (Å²) >= 11 is 1.91. The van der Waals surface area contributed by atoms with Gasteiger partial charge < -0.3 is 15.4 Å². The van der Waals surface area contributed by atoms with Gasteiger partial charge in [-0.1, -0.05) is 18.2 Å². The van der Waals surface area contributed by atoms with Gasteiger partial charge in [-0.15, -0.1) is 11.3 Å². The lowest BCUT2D eigenvalue weighted by Crippen LogP contribution is -2.42. The maximum Gasteiger partial charge on any atom is 0.0776 e. The Labute approximate surface area is 124 Å². The van der Waals surface area contributed by atoms with E-state index < -0.39 is 0 Å². The van der Waals surface area contributed by atoms with Gasteiger partial charge >= 0.3 is 0 Å². The predicted octanol–water partition coefficient (Wildman–Crippen LogP) is 2.58. The normalized spacial score (nSPS) is 21.1. The van der Waals surface area contributed by atoms with Gasteiger partial charge in [0.05, 0.1) is 12.7 Å². The molecule has 0 amide bonds. The molecule has 2 aromatic rings. The molecule has 4 heteroatoms. The maximum atomic E-state index is 6.00. The van der Waals surface area contributed by atoms with E-state index in [2.05, 4.69) is 41.0 Å². The third-order valence-corrected chi connectivity index (χ3v) is 5.17. The Balaban J connectivity index is 1.86. The fourth-order valence-electron chi connectivity index (χ4n) is 2.84. The molecule has 1 fully saturated rings. The molecule has 0 spiro atoms. The van der Waals surface area contributed by atoms with Crippen LogP contribution < -0.4 is 10.6 Å². The average Bonchev–Trinajstić information content (AvgIpc) is 2.92. The molecular formula is C16H22N2OS. The Morgan fingerprint density at radius 1 is 1.45 bits per heavy atom. The minimum atomic E-state index is 0.296. The van der Waals surface area contributed by atoms with Gasteiger partial charge in [-0.3, -0.25) is 0 Å². The molecule has 3 nitrogen and oxygen atoms in total. The topological polar surface area (TPSA) is 33.3 Å². The summed E-state index contributed by atoms with van der Waals surface area (Å²) in [4.78, 5) is 1.45. The van der Waals surface area contributed by atoms with Crippen LogP contribution in [0.1, 0.15) is 17.2 Å². The largest absolute Gasteiger partial charge is 0.375 e. The second-order valence-corrected chi connectivity index (χ2v) is 6.41. The summed E-state index contributed by atoms with van der Waals surface area (Å²) in [6, 6.07) is 11.0. The summed E-state index contributed by atoms with van der Waals surface area (Å²) in [5.74, 6) is 0.479. The van der Waals surface area contributed by atoms with Crippen molar-refractivity contribution in [3.63, 3.8) is 0 Å². The van der Waals surface area contributed by atoms with Crippen LogP contribution >= 0.6 is 11.3 Å². The molecule has 2 unspecified atom stereocenters. The van der Waals surface area contributed by atoms with Crippen molar-refractivity contribution in [2.24, 2.45) is 0 Å². The number of benzene rings is 1. The lowest BCUT2D eigenvalue weighted by atomic mass is 9.95. The van der Waals surface area contributed by atoms with Crippen LogP contribution in [0.15, 0.2) is 30.3 Å². The average molecular weight is 290 g/mol. The zero-order valence-electron chi connectivity index (χ0n) is 11.9. The summed E-state index contributed by atoms with van der Waals surface area (Å²) in [5.41, 5.74) is 0. The van der Waals surface area contributed by atoms with E-state index in [0.29, 0.717) is 12.0 Å². The molecule has 0 radical (unpaired) electrons. The SMILES string of the molecule is CNCCC(c1cc2ccccc2s1)C1CNCCO1. The van der Waals surface area contributed by atoms with Crippen LogP contribution in [0.25, 0.3) is 10.1 Å². The molecule has 1 aromatic carbocycles. The third-order valence-electron chi connectivity index (χ3n) is 3.92. The summed E-state index contributed by atoms with van der Waals surface area (Å²) in [7, 11) is 2.02. The highest BCUT2D eigenvalue weighted by molar-refractivity contribution is 7.19. The number of fused-ring (bicyclic) bond motifs is 1. The van der Waals surface area contributed by atoms with Crippen molar-refractivity contribution in [3.8, 4) is 0 Å². The fourth-order valence-corrected chi connectivity index (χ4v) is 4.09. The number of hydrogen-bond donors (Lipinski definition) is 2. The van der Waals surface area contributed by atoms with E-state index in [0.717, 1.165) is 32.7 Å². The van der Waals surface area contributed by atoms with Gasteiger partial charge in [-0.25, -0.2) is 0 Å². The van der Waals surface area contributed by atoms with Gasteiger partial charge in [0.25, 0.3) is 0 Å². The van der Waals surface area contributed by atoms with Gasteiger partial charge in [0.2, 0.25) is 0 Å². The van der Waals surface area contributed by atoms with E-state index in [1.165, 1.54) is 15.0 Å². The van der Waals surface area contributed by atoms with Crippen molar-refractivity contribution in [1.29, 1.82) is 0 Å². The Hall–Kier alpha value is -0.940. The molecular weight excluding hydrogens is 268 g/mol. The molecule has 2 N–H and O–H groups in total. The second kappa shape index (κ2) is 6.68. The summed E-state index contributed by atoms with van der Waals surface area (Å²) in [6.07, 6.45) is 1.42. The Kier molecular flexibility index (Phi) is 4.68. The van der Waals surface area contributed by atoms with Crippen LogP contribution in [-0.4, -0.2) is 39.4 Å². The van der Waals surface area contributed by atoms with E-state index in [1.54, 1.807) is 0 Å². The zero-order valence-corrected chi connectivity index (χ0v) is 12.7. The zero-order chi connectivity index (χ0) is 13.8. The lowest BCUT2D eigenvalue weighted by molar-refractivity contribution is 0.0102. The van der Waals surface area contributed by atoms with E-state index in [-0.39, 0.29) is 0 Å². The number of ether oxygens (including phenoxy) is 1.